The Labute approximate surface area is 196 Å². The fourth-order valence-electron chi connectivity index (χ4n) is 4.15. The number of halogens is 1. The summed E-state index contributed by atoms with van der Waals surface area (Å²) < 4.78 is 5.85. The van der Waals surface area contributed by atoms with Gasteiger partial charge in [-0.25, -0.2) is 0 Å². The number of hydrogen-bond donors (Lipinski definition) is 1. The first-order chi connectivity index (χ1) is 16.1. The van der Waals surface area contributed by atoms with Crippen molar-refractivity contribution in [1.82, 2.24) is 0 Å². The summed E-state index contributed by atoms with van der Waals surface area (Å²) in [6.07, 6.45) is 0. The van der Waals surface area contributed by atoms with Crippen LogP contribution in [0.2, 0.25) is 5.02 Å². The summed E-state index contributed by atoms with van der Waals surface area (Å²) in [5, 5.41) is 3.90. The highest BCUT2D eigenvalue weighted by Crippen LogP contribution is 2.40. The molecule has 0 spiro atoms. The number of ether oxygens (including phenoxy) is 1. The van der Waals surface area contributed by atoms with E-state index in [1.165, 1.54) is 0 Å². The van der Waals surface area contributed by atoms with Gasteiger partial charge >= 0.3 is 0 Å². The average molecular weight is 454 g/mol. The molecule has 1 aliphatic carbocycles. The van der Waals surface area contributed by atoms with Crippen LogP contribution in [0.3, 0.4) is 0 Å². The molecular formula is C28H20ClNO3. The van der Waals surface area contributed by atoms with Crippen molar-refractivity contribution >= 4 is 28.9 Å². The van der Waals surface area contributed by atoms with Gasteiger partial charge in [0.25, 0.3) is 0 Å². The predicted molar refractivity (Wildman–Crippen MR) is 129 cm³/mol. The lowest BCUT2D eigenvalue weighted by Gasteiger charge is -2.29. The van der Waals surface area contributed by atoms with Crippen LogP contribution in [-0.2, 0) is 12.1 Å². The van der Waals surface area contributed by atoms with Crippen LogP contribution in [0.15, 0.2) is 103 Å². The lowest BCUT2D eigenvalue weighted by atomic mass is 9.84. The second-order valence-electron chi connectivity index (χ2n) is 7.85. The van der Waals surface area contributed by atoms with Crippen LogP contribution in [0.1, 0.15) is 31.8 Å². The summed E-state index contributed by atoms with van der Waals surface area (Å²) in [6.45, 7) is 0.340. The molecule has 33 heavy (non-hydrogen) atoms. The lowest BCUT2D eigenvalue weighted by Crippen LogP contribution is -2.46. The molecule has 4 aromatic carbocycles. The molecule has 0 atom stereocenters. The number of anilines is 1. The molecule has 0 saturated carbocycles. The molecule has 0 radical (unpaired) electrons. The molecule has 162 valence electrons. The number of ketones is 2. The van der Waals surface area contributed by atoms with Crippen LogP contribution < -0.4 is 10.1 Å². The molecule has 4 aromatic rings. The minimum absolute atomic E-state index is 0.256. The molecule has 5 rings (SSSR count). The average Bonchev–Trinajstić information content (AvgIpc) is 3.08. The Morgan fingerprint density at radius 3 is 1.91 bits per heavy atom. The van der Waals surface area contributed by atoms with Crippen molar-refractivity contribution in [3.63, 3.8) is 0 Å². The fraction of sp³-hybridized carbons (Fsp3) is 0.0714. The highest BCUT2D eigenvalue weighted by atomic mass is 35.5. The van der Waals surface area contributed by atoms with Crippen LogP contribution in [0, 0.1) is 0 Å². The number of fused-ring (bicyclic) bond motifs is 1. The SMILES string of the molecule is O=C1c2ccccc2C(=O)C1(Nc1ccc(OCc2ccccc2Cl)cc1)c1ccccc1. The van der Waals surface area contributed by atoms with Crippen LogP contribution in [0.25, 0.3) is 0 Å². The van der Waals surface area contributed by atoms with Gasteiger partial charge in [0.15, 0.2) is 5.54 Å². The standard InChI is InChI=1S/C28H20ClNO3/c29-25-13-7-4-8-19(25)18-33-22-16-14-21(15-17-22)30-28(20-9-2-1-3-10-20)26(31)23-11-5-6-12-24(23)27(28)32/h1-17,30H,18H2. The van der Waals surface area contributed by atoms with Crippen LogP contribution in [0.5, 0.6) is 5.75 Å². The smallest absolute Gasteiger partial charge is 0.201 e. The van der Waals surface area contributed by atoms with E-state index in [1.54, 1.807) is 60.7 Å². The van der Waals surface area contributed by atoms with E-state index < -0.39 is 5.54 Å². The van der Waals surface area contributed by atoms with Crippen molar-refractivity contribution in [1.29, 1.82) is 0 Å². The highest BCUT2D eigenvalue weighted by molar-refractivity contribution is 6.34. The van der Waals surface area contributed by atoms with Crippen molar-refractivity contribution in [2.45, 2.75) is 12.1 Å². The number of hydrogen-bond acceptors (Lipinski definition) is 4. The van der Waals surface area contributed by atoms with Crippen LogP contribution >= 0.6 is 11.6 Å². The molecule has 0 aliphatic heterocycles. The lowest BCUT2D eigenvalue weighted by molar-refractivity contribution is 0.0819. The second-order valence-corrected chi connectivity index (χ2v) is 8.26. The molecule has 5 heteroatoms. The van der Waals surface area contributed by atoms with E-state index >= 15 is 0 Å². The third-order valence-electron chi connectivity index (χ3n) is 5.84. The molecule has 0 saturated heterocycles. The first kappa shape index (κ1) is 21.0. The van der Waals surface area contributed by atoms with Gasteiger partial charge in [-0.1, -0.05) is 84.4 Å². The number of Topliss-reactive ketones (excluding diaryl/α,β-unsaturated/α-hetero) is 2. The summed E-state index contributed by atoms with van der Waals surface area (Å²) >= 11 is 6.20. The second kappa shape index (κ2) is 8.57. The van der Waals surface area contributed by atoms with Gasteiger partial charge in [-0.2, -0.15) is 0 Å². The Bertz CT molecular complexity index is 1300. The van der Waals surface area contributed by atoms with E-state index in [1.807, 2.05) is 42.5 Å². The van der Waals surface area contributed by atoms with Crippen molar-refractivity contribution in [3.8, 4) is 5.75 Å². The topological polar surface area (TPSA) is 55.4 Å². The largest absolute Gasteiger partial charge is 0.489 e. The van der Waals surface area contributed by atoms with Gasteiger partial charge < -0.3 is 10.1 Å². The van der Waals surface area contributed by atoms with Gasteiger partial charge in [0.2, 0.25) is 11.6 Å². The Kier molecular flexibility index (Phi) is 5.45. The predicted octanol–water partition coefficient (Wildman–Crippen LogP) is 6.31. The fourth-order valence-corrected chi connectivity index (χ4v) is 4.34. The molecule has 1 N–H and O–H groups in total. The highest BCUT2D eigenvalue weighted by Gasteiger charge is 2.54. The Morgan fingerprint density at radius 1 is 0.697 bits per heavy atom. The Hall–Kier alpha value is -3.89. The van der Waals surface area contributed by atoms with E-state index in [0.717, 1.165) is 5.56 Å². The Morgan fingerprint density at radius 2 is 1.27 bits per heavy atom. The van der Waals surface area contributed by atoms with E-state index in [9.17, 15) is 9.59 Å². The molecule has 0 amide bonds. The normalized spacial score (nSPS) is 14.1. The van der Waals surface area contributed by atoms with E-state index in [4.69, 9.17) is 16.3 Å². The summed E-state index contributed by atoms with van der Waals surface area (Å²) in [7, 11) is 0. The molecule has 0 unspecified atom stereocenters. The monoisotopic (exact) mass is 453 g/mol. The number of carbonyl (C=O) groups is 2. The molecule has 0 fully saturated rings. The van der Waals surface area contributed by atoms with Gasteiger partial charge in [-0.05, 0) is 35.9 Å². The maximum Gasteiger partial charge on any atom is 0.201 e. The molecule has 0 bridgehead atoms. The van der Waals surface area contributed by atoms with E-state index in [0.29, 0.717) is 39.8 Å². The van der Waals surface area contributed by atoms with Crippen molar-refractivity contribution < 1.29 is 14.3 Å². The summed E-state index contributed by atoms with van der Waals surface area (Å²) in [5.41, 5.74) is 1.49. The molecule has 0 aromatic heterocycles. The maximum atomic E-state index is 13.6. The summed E-state index contributed by atoms with van der Waals surface area (Å²) in [5.74, 6) is 0.142. The van der Waals surface area contributed by atoms with Crippen LogP contribution in [0.4, 0.5) is 5.69 Å². The van der Waals surface area contributed by atoms with Crippen molar-refractivity contribution in [3.05, 3.63) is 130 Å². The number of rotatable bonds is 6. The number of nitrogens with one attached hydrogen (secondary N) is 1. The minimum atomic E-state index is -1.51. The summed E-state index contributed by atoms with van der Waals surface area (Å²) in [4.78, 5) is 27.1. The zero-order valence-electron chi connectivity index (χ0n) is 17.6. The summed E-state index contributed by atoms with van der Waals surface area (Å²) in [6, 6.07) is 30.8. The van der Waals surface area contributed by atoms with Gasteiger partial charge in [0.1, 0.15) is 12.4 Å². The molecule has 0 heterocycles. The van der Waals surface area contributed by atoms with Crippen molar-refractivity contribution in [2.75, 3.05) is 5.32 Å². The first-order valence-corrected chi connectivity index (χ1v) is 11.0. The van der Waals surface area contributed by atoms with Gasteiger partial charge in [-0.3, -0.25) is 9.59 Å². The molecular weight excluding hydrogens is 434 g/mol. The first-order valence-electron chi connectivity index (χ1n) is 10.6. The van der Waals surface area contributed by atoms with E-state index in [2.05, 4.69) is 5.32 Å². The molecule has 1 aliphatic rings. The number of benzene rings is 4. The van der Waals surface area contributed by atoms with E-state index in [-0.39, 0.29) is 11.6 Å². The number of carbonyl (C=O) groups excluding carboxylic acids is 2. The van der Waals surface area contributed by atoms with Crippen LogP contribution in [-0.4, -0.2) is 11.6 Å². The van der Waals surface area contributed by atoms with Gasteiger partial charge in [-0.15, -0.1) is 0 Å². The maximum absolute atomic E-state index is 13.6. The Balaban J connectivity index is 1.44. The third-order valence-corrected chi connectivity index (χ3v) is 6.21. The van der Waals surface area contributed by atoms with Gasteiger partial charge in [0, 0.05) is 27.4 Å². The van der Waals surface area contributed by atoms with Gasteiger partial charge in [0.05, 0.1) is 0 Å². The minimum Gasteiger partial charge on any atom is -0.489 e. The zero-order chi connectivity index (χ0) is 22.8. The third kappa shape index (κ3) is 3.69. The quantitative estimate of drug-likeness (QED) is 0.348. The zero-order valence-corrected chi connectivity index (χ0v) is 18.4. The van der Waals surface area contributed by atoms with Crippen molar-refractivity contribution in [2.24, 2.45) is 0 Å². The molecule has 4 nitrogen and oxygen atoms in total.